The molecule has 0 amide bonds. The van der Waals surface area contributed by atoms with Gasteiger partial charge in [-0.15, -0.1) is 0 Å². The average Bonchev–Trinajstić information content (AvgIpc) is 2.30. The molecular weight excluding hydrogens is 186 g/mol. The van der Waals surface area contributed by atoms with Crippen LogP contribution < -0.4 is 9.64 Å². The lowest BCUT2D eigenvalue weighted by Crippen LogP contribution is -2.29. The van der Waals surface area contributed by atoms with Crippen molar-refractivity contribution in [3.8, 4) is 5.75 Å². The molecule has 0 saturated carbocycles. The largest absolute Gasteiger partial charge is 0.494 e. The number of hydrogen-bond acceptors (Lipinski definition) is 2. The molecule has 2 nitrogen and oxygen atoms in total. The van der Waals surface area contributed by atoms with Crippen molar-refractivity contribution in [3.05, 3.63) is 23.8 Å². The number of rotatable bonds is 2. The third-order valence-electron chi connectivity index (χ3n) is 3.09. The van der Waals surface area contributed by atoms with E-state index in [0.29, 0.717) is 0 Å². The highest BCUT2D eigenvalue weighted by Crippen LogP contribution is 2.32. The van der Waals surface area contributed by atoms with Gasteiger partial charge in [-0.05, 0) is 37.8 Å². The van der Waals surface area contributed by atoms with Crippen molar-refractivity contribution in [2.24, 2.45) is 0 Å². The van der Waals surface area contributed by atoms with Crippen LogP contribution in [0.1, 0.15) is 24.8 Å². The topological polar surface area (TPSA) is 12.5 Å². The molecule has 1 saturated heterocycles. The molecule has 1 aromatic carbocycles. The van der Waals surface area contributed by atoms with Crippen molar-refractivity contribution in [2.75, 3.05) is 25.1 Å². The molecule has 1 heterocycles. The first-order chi connectivity index (χ1) is 7.33. The first kappa shape index (κ1) is 10.3. The summed E-state index contributed by atoms with van der Waals surface area (Å²) in [7, 11) is 1.76. The van der Waals surface area contributed by atoms with Gasteiger partial charge in [0, 0.05) is 13.1 Å². The monoisotopic (exact) mass is 205 g/mol. The van der Waals surface area contributed by atoms with Crippen LogP contribution in [0.25, 0.3) is 0 Å². The van der Waals surface area contributed by atoms with E-state index >= 15 is 0 Å². The van der Waals surface area contributed by atoms with E-state index in [4.69, 9.17) is 4.74 Å². The van der Waals surface area contributed by atoms with E-state index in [1.807, 2.05) is 0 Å². The molecule has 15 heavy (non-hydrogen) atoms. The van der Waals surface area contributed by atoms with Crippen molar-refractivity contribution >= 4 is 5.69 Å². The minimum atomic E-state index is 1.04. The zero-order valence-electron chi connectivity index (χ0n) is 9.62. The Morgan fingerprint density at radius 2 is 1.87 bits per heavy atom. The minimum absolute atomic E-state index is 1.04. The Kier molecular flexibility index (Phi) is 3.14. The Bertz CT molecular complexity index is 329. The highest BCUT2D eigenvalue weighted by atomic mass is 16.5. The van der Waals surface area contributed by atoms with Crippen LogP contribution in [-0.4, -0.2) is 20.2 Å². The lowest BCUT2D eigenvalue weighted by Gasteiger charge is -2.30. The molecule has 0 spiro atoms. The standard InChI is InChI=1S/C13H19NO/c1-11-7-6-8-12(13(11)15-2)14-9-4-3-5-10-14/h6-8H,3-5,9-10H2,1-2H3. The normalized spacial score (nSPS) is 16.5. The van der Waals surface area contributed by atoms with Crippen LogP contribution in [0.15, 0.2) is 18.2 Å². The Balaban J connectivity index is 2.29. The van der Waals surface area contributed by atoms with Crippen molar-refractivity contribution in [3.63, 3.8) is 0 Å². The summed E-state index contributed by atoms with van der Waals surface area (Å²) in [6, 6.07) is 6.38. The van der Waals surface area contributed by atoms with E-state index in [-0.39, 0.29) is 0 Å². The van der Waals surface area contributed by atoms with Crippen molar-refractivity contribution in [1.82, 2.24) is 0 Å². The van der Waals surface area contributed by atoms with Crippen molar-refractivity contribution in [2.45, 2.75) is 26.2 Å². The molecule has 0 radical (unpaired) electrons. The van der Waals surface area contributed by atoms with Gasteiger partial charge in [-0.2, -0.15) is 0 Å². The molecule has 1 aliphatic heterocycles. The molecular formula is C13H19NO. The molecule has 2 rings (SSSR count). The van der Waals surface area contributed by atoms with E-state index in [1.165, 1.54) is 43.6 Å². The summed E-state index contributed by atoms with van der Waals surface area (Å²) in [4.78, 5) is 2.44. The Labute approximate surface area is 91.9 Å². The number of hydrogen-bond donors (Lipinski definition) is 0. The quantitative estimate of drug-likeness (QED) is 0.736. The van der Waals surface area contributed by atoms with Crippen LogP contribution in [0.4, 0.5) is 5.69 Å². The SMILES string of the molecule is COc1c(C)cccc1N1CCCCC1. The first-order valence-corrected chi connectivity index (χ1v) is 5.71. The highest BCUT2D eigenvalue weighted by Gasteiger charge is 2.15. The molecule has 0 aliphatic carbocycles. The summed E-state index contributed by atoms with van der Waals surface area (Å²) in [6.07, 6.45) is 3.97. The smallest absolute Gasteiger partial charge is 0.145 e. The van der Waals surface area contributed by atoms with Gasteiger partial charge in [0.2, 0.25) is 0 Å². The lowest BCUT2D eigenvalue weighted by molar-refractivity contribution is 0.409. The number of nitrogens with zero attached hydrogens (tertiary/aromatic N) is 1. The summed E-state index contributed by atoms with van der Waals surface area (Å²) < 4.78 is 5.49. The van der Waals surface area contributed by atoms with Crippen molar-refractivity contribution in [1.29, 1.82) is 0 Å². The maximum Gasteiger partial charge on any atom is 0.145 e. The number of methoxy groups -OCH3 is 1. The van der Waals surface area contributed by atoms with Crippen LogP contribution in [0, 0.1) is 6.92 Å². The second-order valence-corrected chi connectivity index (χ2v) is 4.17. The van der Waals surface area contributed by atoms with Crippen LogP contribution >= 0.6 is 0 Å². The van der Waals surface area contributed by atoms with Gasteiger partial charge in [0.05, 0.1) is 12.8 Å². The fraction of sp³-hybridized carbons (Fsp3) is 0.538. The van der Waals surface area contributed by atoms with E-state index < -0.39 is 0 Å². The van der Waals surface area contributed by atoms with Crippen LogP contribution in [0.3, 0.4) is 0 Å². The van der Waals surface area contributed by atoms with Gasteiger partial charge < -0.3 is 9.64 Å². The van der Waals surface area contributed by atoms with E-state index in [1.54, 1.807) is 7.11 Å². The van der Waals surface area contributed by atoms with Crippen LogP contribution in [0.5, 0.6) is 5.75 Å². The number of benzene rings is 1. The summed E-state index contributed by atoms with van der Waals surface area (Å²) >= 11 is 0. The molecule has 2 heteroatoms. The number of piperidine rings is 1. The van der Waals surface area contributed by atoms with E-state index in [9.17, 15) is 0 Å². The summed E-state index contributed by atoms with van der Waals surface area (Å²) in [5.74, 6) is 1.04. The average molecular weight is 205 g/mol. The van der Waals surface area contributed by atoms with Gasteiger partial charge in [-0.3, -0.25) is 0 Å². The Morgan fingerprint density at radius 1 is 1.13 bits per heavy atom. The number of ether oxygens (including phenoxy) is 1. The van der Waals surface area contributed by atoms with Crippen LogP contribution in [0.2, 0.25) is 0 Å². The molecule has 0 bridgehead atoms. The van der Waals surface area contributed by atoms with Gasteiger partial charge in [-0.1, -0.05) is 12.1 Å². The summed E-state index contributed by atoms with van der Waals surface area (Å²) in [6.45, 7) is 4.44. The summed E-state index contributed by atoms with van der Waals surface area (Å²) in [5.41, 5.74) is 2.48. The molecule has 82 valence electrons. The summed E-state index contributed by atoms with van der Waals surface area (Å²) in [5, 5.41) is 0. The van der Waals surface area contributed by atoms with Crippen molar-refractivity contribution < 1.29 is 4.74 Å². The highest BCUT2D eigenvalue weighted by molar-refractivity contribution is 5.61. The zero-order valence-corrected chi connectivity index (χ0v) is 9.62. The second kappa shape index (κ2) is 4.56. The zero-order chi connectivity index (χ0) is 10.7. The van der Waals surface area contributed by atoms with Gasteiger partial charge >= 0.3 is 0 Å². The van der Waals surface area contributed by atoms with Gasteiger partial charge in [0.1, 0.15) is 5.75 Å². The molecule has 1 aromatic rings. The minimum Gasteiger partial charge on any atom is -0.494 e. The van der Waals surface area contributed by atoms with Gasteiger partial charge in [0.25, 0.3) is 0 Å². The first-order valence-electron chi connectivity index (χ1n) is 5.71. The lowest BCUT2D eigenvalue weighted by atomic mass is 10.1. The third-order valence-corrected chi connectivity index (χ3v) is 3.09. The van der Waals surface area contributed by atoms with Crippen LogP contribution in [-0.2, 0) is 0 Å². The van der Waals surface area contributed by atoms with E-state index in [2.05, 4.69) is 30.0 Å². The molecule has 0 atom stereocenters. The predicted octanol–water partition coefficient (Wildman–Crippen LogP) is 2.99. The number of anilines is 1. The Morgan fingerprint density at radius 3 is 2.53 bits per heavy atom. The molecule has 0 N–H and O–H groups in total. The fourth-order valence-electron chi connectivity index (χ4n) is 2.29. The fourth-order valence-corrected chi connectivity index (χ4v) is 2.29. The predicted molar refractivity (Wildman–Crippen MR) is 63.8 cm³/mol. The maximum atomic E-state index is 5.49. The molecule has 0 aromatic heterocycles. The number of aryl methyl sites for hydroxylation is 1. The molecule has 1 fully saturated rings. The van der Waals surface area contributed by atoms with Gasteiger partial charge in [0.15, 0.2) is 0 Å². The number of para-hydroxylation sites is 1. The van der Waals surface area contributed by atoms with Gasteiger partial charge in [-0.25, -0.2) is 0 Å². The second-order valence-electron chi connectivity index (χ2n) is 4.17. The Hall–Kier alpha value is -1.18. The maximum absolute atomic E-state index is 5.49. The van der Waals surface area contributed by atoms with E-state index in [0.717, 1.165) is 5.75 Å². The third kappa shape index (κ3) is 2.09. The molecule has 0 unspecified atom stereocenters. The molecule has 1 aliphatic rings.